The number of hydrogen-bond donors (Lipinski definition) is 2. The number of nitrogens with zero attached hydrogens (tertiary/aromatic N) is 3. The fourth-order valence-corrected chi connectivity index (χ4v) is 5.18. The number of rotatable bonds is 11. The number of aromatic nitrogens is 4. The van der Waals surface area contributed by atoms with Gasteiger partial charge in [-0.05, 0) is 52.6 Å². The Morgan fingerprint density at radius 2 is 1.72 bits per heavy atom. The van der Waals surface area contributed by atoms with Gasteiger partial charge >= 0.3 is 23.9 Å². The zero-order chi connectivity index (χ0) is 35.4. The van der Waals surface area contributed by atoms with Gasteiger partial charge in [-0.15, -0.1) is 0 Å². The minimum atomic E-state index is -4.66. The van der Waals surface area contributed by atoms with Crippen molar-refractivity contribution in [2.24, 2.45) is 0 Å². The third-order valence-electron chi connectivity index (χ3n) is 7.35. The van der Waals surface area contributed by atoms with E-state index < -0.39 is 30.5 Å². The second-order valence-electron chi connectivity index (χ2n) is 10.7. The van der Waals surface area contributed by atoms with Gasteiger partial charge in [0.25, 0.3) is 6.01 Å². The quantitative estimate of drug-likeness (QED) is 0.0892. The minimum Gasteiger partial charge on any atom is -0.493 e. The number of carbonyl (C=O) groups excluding carboxylic acids is 1. The van der Waals surface area contributed by atoms with Crippen LogP contribution in [0.15, 0.2) is 100 Å². The summed E-state index contributed by atoms with van der Waals surface area (Å²) in [5.74, 6) is -2.37. The van der Waals surface area contributed by atoms with Crippen LogP contribution in [0.3, 0.4) is 0 Å². The summed E-state index contributed by atoms with van der Waals surface area (Å²) in [6.07, 6.45) is -2.38. The Morgan fingerprint density at radius 1 is 0.960 bits per heavy atom. The molecule has 0 aliphatic carbocycles. The molecule has 0 aliphatic heterocycles. The lowest BCUT2D eigenvalue weighted by atomic mass is 9.98. The fraction of sp³-hybridized carbons (Fsp3) is 0.114. The molecule has 4 aromatic carbocycles. The first kappa shape index (κ1) is 33.3. The number of H-pyrrole nitrogens is 1. The molecule has 15 heteroatoms. The van der Waals surface area contributed by atoms with Crippen LogP contribution < -0.4 is 20.0 Å². The molecule has 0 saturated heterocycles. The number of benzene rings is 4. The summed E-state index contributed by atoms with van der Waals surface area (Å²) < 4.78 is 61.9. The number of hydrogen-bond acceptors (Lipinski definition) is 9. The molecule has 2 N–H and O–H groups in total. The zero-order valence-electron chi connectivity index (χ0n) is 25.9. The van der Waals surface area contributed by atoms with E-state index in [0.29, 0.717) is 16.7 Å². The first-order valence-corrected chi connectivity index (χ1v) is 14.7. The largest absolute Gasteiger partial charge is 0.493 e. The third-order valence-corrected chi connectivity index (χ3v) is 7.35. The first-order chi connectivity index (χ1) is 24.0. The Kier molecular flexibility index (Phi) is 9.21. The molecule has 0 amide bonds. The average molecular weight is 687 g/mol. The average Bonchev–Trinajstić information content (AvgIpc) is 3.69. The molecule has 0 aliphatic rings. The summed E-state index contributed by atoms with van der Waals surface area (Å²) in [7, 11) is 1.34. The number of methoxy groups -OCH3 is 1. The van der Waals surface area contributed by atoms with Crippen molar-refractivity contribution >= 4 is 29.0 Å². The molecule has 0 radical (unpaired) electrons. The topological polar surface area (TPSA) is 159 Å². The van der Waals surface area contributed by atoms with Crippen LogP contribution in [0.4, 0.5) is 13.2 Å². The van der Waals surface area contributed by atoms with Crippen molar-refractivity contribution in [2.75, 3.05) is 13.7 Å². The lowest BCUT2D eigenvalue weighted by Gasteiger charge is -2.14. The van der Waals surface area contributed by atoms with Crippen LogP contribution in [0.5, 0.6) is 17.5 Å². The molecule has 6 rings (SSSR count). The number of ether oxygens (including phenoxy) is 3. The number of carbonyl (C=O) groups is 2. The Hall–Kier alpha value is -6.64. The molecule has 12 nitrogen and oxygen atoms in total. The number of nitrogens with one attached hydrogen (secondary N) is 1. The highest BCUT2D eigenvalue weighted by atomic mass is 19.4. The van der Waals surface area contributed by atoms with Gasteiger partial charge in [0.1, 0.15) is 0 Å². The van der Waals surface area contributed by atoms with Gasteiger partial charge in [-0.3, -0.25) is 4.57 Å². The molecular formula is C35H25F3N4O8. The van der Waals surface area contributed by atoms with Gasteiger partial charge in [-0.1, -0.05) is 60.7 Å². The molecule has 0 atom stereocenters. The molecule has 6 aromatic rings. The summed E-state index contributed by atoms with van der Waals surface area (Å²) in [5.41, 5.74) is 3.54. The lowest BCUT2D eigenvalue weighted by Crippen LogP contribution is -2.21. The lowest BCUT2D eigenvalue weighted by molar-refractivity contribution is -0.155. The molecule has 0 unspecified atom stereocenters. The standard InChI is InChI=1S/C35H25F3N4O8/c1-47-28-17-20(12-16-29(43)44)11-15-27(28)49-32(45)25-7-4-8-26-30(25)42(33(39-26)48-19-35(36,37)38)18-21-9-13-22(14-10-21)23-5-2-3-6-24(23)31-40-34(46)50-41-31/h2-17H,18-19H2,1H3,(H,43,44)(H,40,41,46). The van der Waals surface area contributed by atoms with Crippen molar-refractivity contribution in [2.45, 2.75) is 12.7 Å². The van der Waals surface area contributed by atoms with E-state index in [1.54, 1.807) is 36.4 Å². The number of esters is 1. The number of aliphatic carboxylic acids is 1. The second-order valence-corrected chi connectivity index (χ2v) is 10.7. The second kappa shape index (κ2) is 13.8. The van der Waals surface area contributed by atoms with Crippen LogP contribution >= 0.6 is 0 Å². The van der Waals surface area contributed by atoms with Gasteiger partial charge in [-0.25, -0.2) is 14.4 Å². The summed E-state index contributed by atoms with van der Waals surface area (Å²) in [6.45, 7) is -1.66. The number of halogens is 3. The number of carboxylic acids is 1. The number of aromatic amines is 1. The van der Waals surface area contributed by atoms with E-state index in [9.17, 15) is 27.6 Å². The number of imidazole rings is 1. The van der Waals surface area contributed by atoms with Crippen LogP contribution in [0.2, 0.25) is 0 Å². The molecule has 0 saturated carbocycles. The van der Waals surface area contributed by atoms with E-state index in [2.05, 4.69) is 15.1 Å². The van der Waals surface area contributed by atoms with E-state index in [1.807, 2.05) is 12.1 Å². The monoisotopic (exact) mass is 686 g/mol. The minimum absolute atomic E-state index is 0.0130. The van der Waals surface area contributed by atoms with Gasteiger partial charge in [0.15, 0.2) is 23.9 Å². The summed E-state index contributed by atoms with van der Waals surface area (Å²) in [4.78, 5) is 44.1. The fourth-order valence-electron chi connectivity index (χ4n) is 5.18. The van der Waals surface area contributed by atoms with Crippen molar-refractivity contribution in [1.82, 2.24) is 19.7 Å². The van der Waals surface area contributed by atoms with E-state index in [-0.39, 0.29) is 46.5 Å². The SMILES string of the molecule is COc1cc(C=CC(=O)O)ccc1OC(=O)c1cccc2nc(OCC(F)(F)F)n(Cc3ccc(-c4ccccc4-c4nc(=O)o[nH]4)cc3)c12. The maximum Gasteiger partial charge on any atom is 0.460 e. The first-order valence-electron chi connectivity index (χ1n) is 14.7. The molecular weight excluding hydrogens is 661 g/mol. The Labute approximate surface area is 280 Å². The molecule has 2 aromatic heterocycles. The molecule has 254 valence electrons. The maximum absolute atomic E-state index is 13.6. The summed E-state index contributed by atoms with van der Waals surface area (Å²) in [6, 6.07) is 22.8. The van der Waals surface area contributed by atoms with Gasteiger partial charge in [0.05, 0.1) is 30.3 Å². The zero-order valence-corrected chi connectivity index (χ0v) is 25.9. The summed E-state index contributed by atoms with van der Waals surface area (Å²) in [5, 5.41) is 11.4. The molecule has 2 heterocycles. The van der Waals surface area contributed by atoms with Crippen molar-refractivity contribution in [1.29, 1.82) is 0 Å². The highest BCUT2D eigenvalue weighted by Gasteiger charge is 2.30. The highest BCUT2D eigenvalue weighted by molar-refractivity contribution is 6.03. The molecule has 0 fully saturated rings. The maximum atomic E-state index is 13.6. The number of alkyl halides is 3. The van der Waals surface area contributed by atoms with Gasteiger partial charge in [-0.2, -0.15) is 28.3 Å². The predicted molar refractivity (Wildman–Crippen MR) is 173 cm³/mol. The van der Waals surface area contributed by atoms with Gasteiger partial charge < -0.3 is 23.8 Å². The Bertz CT molecular complexity index is 2290. The van der Waals surface area contributed by atoms with E-state index in [1.165, 1.54) is 54.2 Å². The van der Waals surface area contributed by atoms with Crippen LogP contribution in [0, 0.1) is 0 Å². The highest BCUT2D eigenvalue weighted by Crippen LogP contribution is 2.33. The van der Waals surface area contributed by atoms with Gasteiger partial charge in [0.2, 0.25) is 0 Å². The summed E-state index contributed by atoms with van der Waals surface area (Å²) >= 11 is 0. The molecule has 50 heavy (non-hydrogen) atoms. The number of carboxylic acid groups (broad SMARTS) is 1. The van der Waals surface area contributed by atoms with Crippen LogP contribution in [-0.4, -0.2) is 56.6 Å². The number of para-hydroxylation sites is 1. The Morgan fingerprint density at radius 3 is 2.40 bits per heavy atom. The molecule has 0 bridgehead atoms. The third kappa shape index (κ3) is 7.41. The van der Waals surface area contributed by atoms with Gasteiger partial charge in [0, 0.05) is 11.6 Å². The van der Waals surface area contributed by atoms with Crippen molar-refractivity contribution < 1.29 is 46.6 Å². The van der Waals surface area contributed by atoms with Crippen molar-refractivity contribution in [3.05, 3.63) is 118 Å². The van der Waals surface area contributed by atoms with Crippen LogP contribution in [-0.2, 0) is 11.3 Å². The van der Waals surface area contributed by atoms with E-state index in [4.69, 9.17) is 23.8 Å². The Balaban J connectivity index is 1.35. The van der Waals surface area contributed by atoms with E-state index in [0.717, 1.165) is 17.2 Å². The van der Waals surface area contributed by atoms with Crippen LogP contribution in [0.25, 0.3) is 39.6 Å². The molecule has 0 spiro atoms. The van der Waals surface area contributed by atoms with Crippen molar-refractivity contribution in [3.8, 4) is 40.0 Å². The number of fused-ring (bicyclic) bond motifs is 1. The smallest absolute Gasteiger partial charge is 0.460 e. The normalized spacial score (nSPS) is 11.6. The predicted octanol–water partition coefficient (Wildman–Crippen LogP) is 6.36. The van der Waals surface area contributed by atoms with E-state index >= 15 is 0 Å². The van der Waals surface area contributed by atoms with Crippen molar-refractivity contribution in [3.63, 3.8) is 0 Å². The van der Waals surface area contributed by atoms with Crippen LogP contribution in [0.1, 0.15) is 21.5 Å².